The van der Waals surface area contributed by atoms with E-state index in [0.717, 1.165) is 11.3 Å². The Hall–Kier alpha value is -1.33. The lowest BCUT2D eigenvalue weighted by Crippen LogP contribution is -2.17. The van der Waals surface area contributed by atoms with Gasteiger partial charge in [-0.05, 0) is 43.5 Å². The second kappa shape index (κ2) is 4.89. The second-order valence-electron chi connectivity index (χ2n) is 4.02. The third-order valence-electron chi connectivity index (χ3n) is 2.68. The summed E-state index contributed by atoms with van der Waals surface area (Å²) in [5.74, 6) is -0.997. The number of benzene rings is 1. The summed E-state index contributed by atoms with van der Waals surface area (Å²) in [6, 6.07) is 5.80. The Balaban J connectivity index is 2.12. The summed E-state index contributed by atoms with van der Waals surface area (Å²) >= 11 is 1.48. The van der Waals surface area contributed by atoms with Crippen LogP contribution in [0.25, 0.3) is 0 Å². The molecular formula is C12H14N2O2S. The molecule has 90 valence electrons. The molecule has 0 saturated carbocycles. The fourth-order valence-corrected chi connectivity index (χ4v) is 2.25. The van der Waals surface area contributed by atoms with Crippen LogP contribution in [0.3, 0.4) is 0 Å². The average Bonchev–Trinajstić information content (AvgIpc) is 2.62. The van der Waals surface area contributed by atoms with E-state index >= 15 is 0 Å². The standard InChI is InChI=1S/C12H14N2O2S/c1-3-7(2)14-17-8-4-5-10-9(6-8)11(15)12(16)13-10/h4-7,14H,3H2,1-2H3,(H,13,15,16). The van der Waals surface area contributed by atoms with E-state index in [1.165, 1.54) is 11.9 Å². The van der Waals surface area contributed by atoms with Crippen molar-refractivity contribution in [1.29, 1.82) is 0 Å². The molecular weight excluding hydrogens is 236 g/mol. The van der Waals surface area contributed by atoms with Crippen LogP contribution in [0, 0.1) is 0 Å². The van der Waals surface area contributed by atoms with Crippen molar-refractivity contribution >= 4 is 29.3 Å². The first-order valence-electron chi connectivity index (χ1n) is 5.54. The minimum atomic E-state index is -0.544. The molecule has 17 heavy (non-hydrogen) atoms. The Labute approximate surface area is 104 Å². The van der Waals surface area contributed by atoms with Gasteiger partial charge in [-0.25, -0.2) is 0 Å². The van der Waals surface area contributed by atoms with Gasteiger partial charge in [-0.1, -0.05) is 6.92 Å². The van der Waals surface area contributed by atoms with Crippen LogP contribution in [-0.2, 0) is 4.79 Å². The van der Waals surface area contributed by atoms with E-state index in [0.29, 0.717) is 17.3 Å². The highest BCUT2D eigenvalue weighted by molar-refractivity contribution is 7.97. The third kappa shape index (κ3) is 2.50. The minimum Gasteiger partial charge on any atom is -0.318 e. The number of anilines is 1. The van der Waals surface area contributed by atoms with Crippen molar-refractivity contribution in [3.05, 3.63) is 23.8 Å². The Bertz CT molecular complexity index is 474. The number of fused-ring (bicyclic) bond motifs is 1. The number of hydrogen-bond donors (Lipinski definition) is 2. The molecule has 1 aliphatic rings. The Morgan fingerprint density at radius 2 is 2.18 bits per heavy atom. The van der Waals surface area contributed by atoms with Crippen molar-refractivity contribution in [2.45, 2.75) is 31.2 Å². The number of carbonyl (C=O) groups is 2. The smallest absolute Gasteiger partial charge is 0.296 e. The largest absolute Gasteiger partial charge is 0.318 e. The maximum Gasteiger partial charge on any atom is 0.296 e. The third-order valence-corrected chi connectivity index (χ3v) is 3.69. The van der Waals surface area contributed by atoms with Crippen LogP contribution >= 0.6 is 11.9 Å². The van der Waals surface area contributed by atoms with Gasteiger partial charge < -0.3 is 5.32 Å². The zero-order valence-electron chi connectivity index (χ0n) is 9.74. The molecule has 1 amide bonds. The summed E-state index contributed by atoms with van der Waals surface area (Å²) in [5.41, 5.74) is 1.07. The first-order valence-corrected chi connectivity index (χ1v) is 6.35. The van der Waals surface area contributed by atoms with E-state index in [1.54, 1.807) is 12.1 Å². The summed E-state index contributed by atoms with van der Waals surface area (Å²) in [5, 5.41) is 2.53. The summed E-state index contributed by atoms with van der Waals surface area (Å²) < 4.78 is 3.27. The number of rotatable bonds is 4. The van der Waals surface area contributed by atoms with Gasteiger partial charge in [-0.3, -0.25) is 14.3 Å². The molecule has 1 unspecified atom stereocenters. The molecule has 1 heterocycles. The highest BCUT2D eigenvalue weighted by Gasteiger charge is 2.27. The van der Waals surface area contributed by atoms with E-state index in [1.807, 2.05) is 6.07 Å². The molecule has 0 aromatic heterocycles. The molecule has 1 aromatic carbocycles. The Morgan fingerprint density at radius 3 is 2.88 bits per heavy atom. The van der Waals surface area contributed by atoms with Gasteiger partial charge in [0.05, 0.1) is 11.3 Å². The van der Waals surface area contributed by atoms with Crippen molar-refractivity contribution in [1.82, 2.24) is 4.72 Å². The summed E-state index contributed by atoms with van der Waals surface area (Å²) in [6.45, 7) is 4.20. The zero-order chi connectivity index (χ0) is 12.4. The molecule has 0 spiro atoms. The van der Waals surface area contributed by atoms with E-state index in [-0.39, 0.29) is 0 Å². The summed E-state index contributed by atoms with van der Waals surface area (Å²) in [6.07, 6.45) is 1.04. The SMILES string of the molecule is CCC(C)NSc1ccc2c(c1)C(=O)C(=O)N2. The maximum atomic E-state index is 11.5. The van der Waals surface area contributed by atoms with Crippen LogP contribution in [0.4, 0.5) is 5.69 Å². The van der Waals surface area contributed by atoms with Crippen LogP contribution in [0.1, 0.15) is 30.6 Å². The van der Waals surface area contributed by atoms with Crippen LogP contribution < -0.4 is 10.0 Å². The van der Waals surface area contributed by atoms with Gasteiger partial charge in [0.15, 0.2) is 0 Å². The minimum absolute atomic E-state index is 0.406. The van der Waals surface area contributed by atoms with Gasteiger partial charge in [-0.15, -0.1) is 0 Å². The average molecular weight is 250 g/mol. The molecule has 2 N–H and O–H groups in total. The monoisotopic (exact) mass is 250 g/mol. The van der Waals surface area contributed by atoms with Gasteiger partial charge in [0.25, 0.3) is 11.7 Å². The van der Waals surface area contributed by atoms with Crippen LogP contribution in [0.2, 0.25) is 0 Å². The predicted molar refractivity (Wildman–Crippen MR) is 68.1 cm³/mol. The highest BCUT2D eigenvalue weighted by Crippen LogP contribution is 2.27. The van der Waals surface area contributed by atoms with Crippen LogP contribution in [0.15, 0.2) is 23.1 Å². The number of Topliss-reactive ketones (excluding diaryl/α,β-unsaturated/α-hetero) is 1. The van der Waals surface area contributed by atoms with Gasteiger partial charge in [0, 0.05) is 10.9 Å². The molecule has 0 saturated heterocycles. The molecule has 4 nitrogen and oxygen atoms in total. The summed E-state index contributed by atoms with van der Waals surface area (Å²) in [4.78, 5) is 23.6. The van der Waals surface area contributed by atoms with Crippen LogP contribution in [0.5, 0.6) is 0 Å². The normalized spacial score (nSPS) is 15.6. The number of hydrogen-bond acceptors (Lipinski definition) is 4. The molecule has 1 aromatic rings. The zero-order valence-corrected chi connectivity index (χ0v) is 10.6. The number of carbonyl (C=O) groups excluding carboxylic acids is 2. The van der Waals surface area contributed by atoms with Gasteiger partial charge in [-0.2, -0.15) is 0 Å². The van der Waals surface area contributed by atoms with Crippen LogP contribution in [-0.4, -0.2) is 17.7 Å². The molecule has 0 radical (unpaired) electrons. The van der Waals surface area contributed by atoms with Crippen molar-refractivity contribution in [2.24, 2.45) is 0 Å². The van der Waals surface area contributed by atoms with Crippen molar-refractivity contribution in [3.8, 4) is 0 Å². The number of nitrogens with one attached hydrogen (secondary N) is 2. The lowest BCUT2D eigenvalue weighted by molar-refractivity contribution is -0.112. The Kier molecular flexibility index (Phi) is 3.49. The maximum absolute atomic E-state index is 11.5. The topological polar surface area (TPSA) is 58.2 Å². The molecule has 1 atom stereocenters. The fraction of sp³-hybridized carbons (Fsp3) is 0.333. The number of amides is 1. The Morgan fingerprint density at radius 1 is 1.41 bits per heavy atom. The van der Waals surface area contributed by atoms with Gasteiger partial charge in [0.1, 0.15) is 0 Å². The number of ketones is 1. The molecule has 0 bridgehead atoms. The highest BCUT2D eigenvalue weighted by atomic mass is 32.2. The van der Waals surface area contributed by atoms with E-state index in [2.05, 4.69) is 23.9 Å². The molecule has 5 heteroatoms. The summed E-state index contributed by atoms with van der Waals surface area (Å²) in [7, 11) is 0. The molecule has 0 aliphatic carbocycles. The van der Waals surface area contributed by atoms with Crippen molar-refractivity contribution in [2.75, 3.05) is 5.32 Å². The van der Waals surface area contributed by atoms with Crippen molar-refractivity contribution in [3.63, 3.8) is 0 Å². The molecule has 1 aliphatic heterocycles. The molecule has 2 rings (SSSR count). The fourth-order valence-electron chi connectivity index (χ4n) is 1.44. The van der Waals surface area contributed by atoms with E-state index in [4.69, 9.17) is 0 Å². The quantitative estimate of drug-likeness (QED) is 0.635. The second-order valence-corrected chi connectivity index (χ2v) is 4.93. The van der Waals surface area contributed by atoms with Gasteiger partial charge >= 0.3 is 0 Å². The van der Waals surface area contributed by atoms with E-state index in [9.17, 15) is 9.59 Å². The lowest BCUT2D eigenvalue weighted by atomic mass is 10.1. The molecule has 0 fully saturated rings. The van der Waals surface area contributed by atoms with E-state index < -0.39 is 11.7 Å². The van der Waals surface area contributed by atoms with Gasteiger partial charge in [0.2, 0.25) is 0 Å². The first kappa shape index (κ1) is 12.1. The predicted octanol–water partition coefficient (Wildman–Crippen LogP) is 2.22. The lowest BCUT2D eigenvalue weighted by Gasteiger charge is -2.10. The van der Waals surface area contributed by atoms with Crippen molar-refractivity contribution < 1.29 is 9.59 Å². The first-order chi connectivity index (χ1) is 8.11.